The van der Waals surface area contributed by atoms with E-state index in [-0.39, 0.29) is 11.3 Å². The summed E-state index contributed by atoms with van der Waals surface area (Å²) in [5, 5.41) is 22.7. The maximum Gasteiger partial charge on any atom is 0.261 e. The number of rotatable bonds is 5. The molecule has 0 radical (unpaired) electrons. The van der Waals surface area contributed by atoms with Crippen LogP contribution in [0.25, 0.3) is 0 Å². The number of pyridine rings is 1. The molecule has 8 nitrogen and oxygen atoms in total. The molecular weight excluding hydrogens is 374 g/mol. The molecule has 0 saturated heterocycles. The molecule has 2 aromatic heterocycles. The molecule has 0 unspecified atom stereocenters. The molecule has 0 fully saturated rings. The van der Waals surface area contributed by atoms with Crippen LogP contribution in [0.4, 0.5) is 22.3 Å². The van der Waals surface area contributed by atoms with Crippen molar-refractivity contribution in [2.45, 2.75) is 26.2 Å². The highest BCUT2D eigenvalue weighted by molar-refractivity contribution is 7.15. The van der Waals surface area contributed by atoms with Crippen molar-refractivity contribution in [2.75, 3.05) is 16.4 Å². The third-order valence-electron chi connectivity index (χ3n) is 3.84. The topological polar surface area (TPSA) is 130 Å². The van der Waals surface area contributed by atoms with Gasteiger partial charge in [0, 0.05) is 34.8 Å². The van der Waals surface area contributed by atoms with E-state index in [1.54, 1.807) is 36.5 Å². The molecule has 5 N–H and O–H groups in total. The fourth-order valence-electron chi connectivity index (χ4n) is 2.35. The van der Waals surface area contributed by atoms with E-state index in [1.807, 2.05) is 20.8 Å². The average Bonchev–Trinajstić information content (AvgIpc) is 3.11. The summed E-state index contributed by atoms with van der Waals surface area (Å²) in [6, 6.07) is 8.55. The third kappa shape index (κ3) is 4.32. The predicted molar refractivity (Wildman–Crippen MR) is 113 cm³/mol. The van der Waals surface area contributed by atoms with Gasteiger partial charge in [-0.3, -0.25) is 10.1 Å². The first-order valence-corrected chi connectivity index (χ1v) is 9.37. The summed E-state index contributed by atoms with van der Waals surface area (Å²) in [7, 11) is 0. The monoisotopic (exact) mass is 395 g/mol. The number of carbonyl (C=O) groups excluding carboxylic acids is 1. The molecule has 0 aliphatic heterocycles. The van der Waals surface area contributed by atoms with Crippen LogP contribution >= 0.6 is 11.3 Å². The first-order chi connectivity index (χ1) is 13.3. The molecule has 0 spiro atoms. The van der Waals surface area contributed by atoms with Gasteiger partial charge in [-0.25, -0.2) is 4.98 Å². The standard InChI is InChI=1S/C19H21N7OS/c1-19(2,3)17-25-26-18(28-17)24-16(27)13-5-4-8-22-15(13)23-12-7-6-11(10-20)14(21)9-12/h4-10,20H,21H2,1-3H3,(H,22,23)(H,24,26,27). The number of nitrogens with zero attached hydrogens (tertiary/aromatic N) is 3. The van der Waals surface area contributed by atoms with Crippen LogP contribution in [0.5, 0.6) is 0 Å². The van der Waals surface area contributed by atoms with Crippen LogP contribution in [0.1, 0.15) is 41.7 Å². The molecule has 1 aromatic carbocycles. The summed E-state index contributed by atoms with van der Waals surface area (Å²) in [5.74, 6) is 0.0545. The van der Waals surface area contributed by atoms with Crippen molar-refractivity contribution in [3.63, 3.8) is 0 Å². The Morgan fingerprint density at radius 1 is 1.25 bits per heavy atom. The zero-order valence-corrected chi connectivity index (χ0v) is 16.6. The highest BCUT2D eigenvalue weighted by Gasteiger charge is 2.21. The molecule has 0 aliphatic rings. The Hall–Kier alpha value is -3.33. The lowest BCUT2D eigenvalue weighted by atomic mass is 9.98. The quantitative estimate of drug-likeness (QED) is 0.384. The van der Waals surface area contributed by atoms with Gasteiger partial charge in [-0.05, 0) is 30.3 Å². The molecule has 28 heavy (non-hydrogen) atoms. The second-order valence-corrected chi connectivity index (χ2v) is 8.11. The summed E-state index contributed by atoms with van der Waals surface area (Å²) in [4.78, 5) is 17.0. The minimum Gasteiger partial charge on any atom is -0.398 e. The average molecular weight is 395 g/mol. The molecule has 0 aliphatic carbocycles. The fourth-order valence-corrected chi connectivity index (χ4v) is 3.15. The molecule has 3 rings (SSSR count). The van der Waals surface area contributed by atoms with E-state index in [0.29, 0.717) is 33.5 Å². The Balaban J connectivity index is 1.81. The maximum absolute atomic E-state index is 12.7. The second kappa shape index (κ2) is 7.73. The maximum atomic E-state index is 12.7. The van der Waals surface area contributed by atoms with Crippen LogP contribution in [0.15, 0.2) is 36.5 Å². The Morgan fingerprint density at radius 3 is 2.68 bits per heavy atom. The van der Waals surface area contributed by atoms with E-state index in [0.717, 1.165) is 5.01 Å². The number of carbonyl (C=O) groups is 1. The van der Waals surface area contributed by atoms with Crippen LogP contribution < -0.4 is 16.4 Å². The summed E-state index contributed by atoms with van der Waals surface area (Å²) in [6.07, 6.45) is 2.78. The first kappa shape index (κ1) is 19.4. The van der Waals surface area contributed by atoms with Crippen molar-refractivity contribution in [1.29, 1.82) is 5.41 Å². The van der Waals surface area contributed by atoms with Crippen molar-refractivity contribution in [1.82, 2.24) is 15.2 Å². The van der Waals surface area contributed by atoms with Crippen molar-refractivity contribution in [2.24, 2.45) is 0 Å². The molecule has 0 bridgehead atoms. The third-order valence-corrected chi connectivity index (χ3v) is 5.11. The SMILES string of the molecule is CC(C)(C)c1nnc(NC(=O)c2cccnc2Nc2ccc(C=N)c(N)c2)s1. The number of aromatic nitrogens is 3. The van der Waals surface area contributed by atoms with E-state index >= 15 is 0 Å². The van der Waals surface area contributed by atoms with Crippen molar-refractivity contribution in [3.05, 3.63) is 52.7 Å². The molecule has 3 aromatic rings. The number of nitrogen functional groups attached to an aromatic ring is 1. The number of benzene rings is 1. The first-order valence-electron chi connectivity index (χ1n) is 8.55. The molecule has 1 amide bonds. The summed E-state index contributed by atoms with van der Waals surface area (Å²) >= 11 is 1.35. The molecule has 144 valence electrons. The van der Waals surface area contributed by atoms with Gasteiger partial charge in [0.15, 0.2) is 0 Å². The molecule has 2 heterocycles. The van der Waals surface area contributed by atoms with Crippen LogP contribution in [-0.2, 0) is 5.41 Å². The Kier molecular flexibility index (Phi) is 5.36. The van der Waals surface area contributed by atoms with Gasteiger partial charge in [0.25, 0.3) is 5.91 Å². The van der Waals surface area contributed by atoms with Crippen LogP contribution in [0.2, 0.25) is 0 Å². The molecule has 0 saturated carbocycles. The van der Waals surface area contributed by atoms with Gasteiger partial charge >= 0.3 is 0 Å². The Labute approximate surface area is 166 Å². The van der Waals surface area contributed by atoms with E-state index < -0.39 is 0 Å². The highest BCUT2D eigenvalue weighted by atomic mass is 32.1. The number of nitrogens with two attached hydrogens (primary N) is 1. The zero-order valence-electron chi connectivity index (χ0n) is 15.8. The van der Waals surface area contributed by atoms with Crippen LogP contribution in [0, 0.1) is 5.41 Å². The largest absolute Gasteiger partial charge is 0.398 e. The van der Waals surface area contributed by atoms with Crippen LogP contribution in [-0.4, -0.2) is 27.3 Å². The van der Waals surface area contributed by atoms with Gasteiger partial charge in [-0.2, -0.15) is 0 Å². The van der Waals surface area contributed by atoms with Gasteiger partial charge in [0.05, 0.1) is 5.56 Å². The molecular formula is C19H21N7OS. The lowest BCUT2D eigenvalue weighted by Gasteiger charge is -2.12. The van der Waals surface area contributed by atoms with Crippen molar-refractivity contribution in [3.8, 4) is 0 Å². The highest BCUT2D eigenvalue weighted by Crippen LogP contribution is 2.28. The van der Waals surface area contributed by atoms with Gasteiger partial charge in [0.1, 0.15) is 10.8 Å². The zero-order chi connectivity index (χ0) is 20.3. The van der Waals surface area contributed by atoms with Gasteiger partial charge in [0.2, 0.25) is 5.13 Å². The minimum absolute atomic E-state index is 0.135. The Morgan fingerprint density at radius 2 is 2.04 bits per heavy atom. The van der Waals surface area contributed by atoms with Gasteiger partial charge in [-0.15, -0.1) is 10.2 Å². The number of hydrogen-bond acceptors (Lipinski definition) is 8. The van der Waals surface area contributed by atoms with E-state index in [4.69, 9.17) is 11.1 Å². The van der Waals surface area contributed by atoms with Crippen LogP contribution in [0.3, 0.4) is 0 Å². The van der Waals surface area contributed by atoms with E-state index in [9.17, 15) is 4.79 Å². The number of amides is 1. The molecule has 0 atom stereocenters. The van der Waals surface area contributed by atoms with Crippen molar-refractivity contribution < 1.29 is 4.79 Å². The van der Waals surface area contributed by atoms with Crippen molar-refractivity contribution >= 4 is 45.8 Å². The predicted octanol–water partition coefficient (Wildman–Crippen LogP) is 3.81. The lowest BCUT2D eigenvalue weighted by Crippen LogP contribution is -2.14. The molecule has 9 heteroatoms. The fraction of sp³-hybridized carbons (Fsp3) is 0.211. The summed E-state index contributed by atoms with van der Waals surface area (Å²) < 4.78 is 0. The number of anilines is 4. The van der Waals surface area contributed by atoms with Gasteiger partial charge < -0.3 is 16.5 Å². The second-order valence-electron chi connectivity index (χ2n) is 7.13. The minimum atomic E-state index is -0.337. The summed E-state index contributed by atoms with van der Waals surface area (Å²) in [6.45, 7) is 6.12. The van der Waals surface area contributed by atoms with E-state index in [1.165, 1.54) is 17.6 Å². The lowest BCUT2D eigenvalue weighted by molar-refractivity contribution is 0.102. The number of hydrogen-bond donors (Lipinski definition) is 4. The number of nitrogens with one attached hydrogen (secondary N) is 3. The Bertz CT molecular complexity index is 1020. The summed E-state index contributed by atoms with van der Waals surface area (Å²) in [5.41, 5.74) is 7.90. The van der Waals surface area contributed by atoms with E-state index in [2.05, 4.69) is 25.8 Å². The van der Waals surface area contributed by atoms with Gasteiger partial charge in [-0.1, -0.05) is 32.1 Å². The normalized spacial score (nSPS) is 11.1. The smallest absolute Gasteiger partial charge is 0.261 e.